The molecule has 1 heterocycles. The van der Waals surface area contributed by atoms with Gasteiger partial charge in [-0.05, 0) is 42.5 Å². The number of carbonyl (C=O) groups excluding carboxylic acids is 2. The number of nitrogens with zero attached hydrogens (tertiary/aromatic N) is 1. The Hall–Kier alpha value is -3.71. The smallest absolute Gasteiger partial charge is 0.326 e. The van der Waals surface area contributed by atoms with Crippen LogP contribution in [0.5, 0.6) is 0 Å². The molecule has 1 aromatic heterocycles. The summed E-state index contributed by atoms with van der Waals surface area (Å²) in [6, 6.07) is 17.6. The van der Waals surface area contributed by atoms with Gasteiger partial charge in [0.25, 0.3) is 5.91 Å². The fourth-order valence-corrected chi connectivity index (χ4v) is 3.52. The van der Waals surface area contributed by atoms with Crippen molar-refractivity contribution >= 4 is 51.0 Å². The predicted molar refractivity (Wildman–Crippen MR) is 117 cm³/mol. The number of hydrogen-bond acceptors (Lipinski definition) is 4. The van der Waals surface area contributed by atoms with Crippen LogP contribution in [0.3, 0.4) is 0 Å². The highest BCUT2D eigenvalue weighted by atomic mass is 35.5. The highest BCUT2D eigenvalue weighted by Crippen LogP contribution is 2.20. The maximum Gasteiger partial charge on any atom is 0.326 e. The Labute approximate surface area is 180 Å². The van der Waals surface area contributed by atoms with E-state index in [4.69, 9.17) is 16.3 Å². The number of halogens is 2. The summed E-state index contributed by atoms with van der Waals surface area (Å²) in [5, 5.41) is 3.52. The molecule has 0 aliphatic carbocycles. The second-order valence-corrected chi connectivity index (χ2v) is 7.22. The van der Waals surface area contributed by atoms with Gasteiger partial charge in [-0.2, -0.15) is 0 Å². The van der Waals surface area contributed by atoms with Crippen LogP contribution >= 0.6 is 11.6 Å². The summed E-state index contributed by atoms with van der Waals surface area (Å²) >= 11 is 5.80. The Bertz CT molecular complexity index is 1320. The summed E-state index contributed by atoms with van der Waals surface area (Å²) in [5.41, 5.74) is 0.923. The topological polar surface area (TPSA) is 77.4 Å². The SMILES string of the molecule is O=C(COC(=O)Cn1c2ccccc2c(=O)c2ccccc21)Nc1cc(Cl)ccc1F. The fourth-order valence-electron chi connectivity index (χ4n) is 3.35. The van der Waals surface area contributed by atoms with E-state index in [-0.39, 0.29) is 22.7 Å². The molecule has 8 heteroatoms. The number of pyridine rings is 1. The van der Waals surface area contributed by atoms with Crippen LogP contribution in [0.2, 0.25) is 5.02 Å². The predicted octanol–water partition coefficient (Wildman–Crippen LogP) is 4.13. The average Bonchev–Trinajstić information content (AvgIpc) is 2.78. The van der Waals surface area contributed by atoms with Gasteiger partial charge in [0.15, 0.2) is 12.0 Å². The monoisotopic (exact) mass is 438 g/mol. The van der Waals surface area contributed by atoms with E-state index in [9.17, 15) is 18.8 Å². The maximum atomic E-state index is 13.7. The van der Waals surface area contributed by atoms with Crippen LogP contribution in [0, 0.1) is 5.82 Å². The van der Waals surface area contributed by atoms with Crippen molar-refractivity contribution in [3.05, 3.63) is 87.8 Å². The van der Waals surface area contributed by atoms with Gasteiger partial charge in [-0.15, -0.1) is 0 Å². The molecule has 0 bridgehead atoms. The lowest BCUT2D eigenvalue weighted by Gasteiger charge is -2.14. The molecule has 0 spiro atoms. The second kappa shape index (κ2) is 8.57. The van der Waals surface area contributed by atoms with Gasteiger partial charge in [0.2, 0.25) is 0 Å². The van der Waals surface area contributed by atoms with E-state index in [1.54, 1.807) is 53.1 Å². The van der Waals surface area contributed by atoms with Crippen LogP contribution in [0.4, 0.5) is 10.1 Å². The summed E-state index contributed by atoms with van der Waals surface area (Å²) in [7, 11) is 0. The third-order valence-corrected chi connectivity index (χ3v) is 4.97. The minimum Gasteiger partial charge on any atom is -0.454 e. The quantitative estimate of drug-likeness (QED) is 0.375. The Morgan fingerprint density at radius 1 is 0.968 bits per heavy atom. The third kappa shape index (κ3) is 4.27. The number of anilines is 1. The van der Waals surface area contributed by atoms with Crippen molar-refractivity contribution in [2.24, 2.45) is 0 Å². The first kappa shape index (κ1) is 20.6. The summed E-state index contributed by atoms with van der Waals surface area (Å²) in [4.78, 5) is 37.3. The number of esters is 1. The molecule has 0 saturated carbocycles. The lowest BCUT2D eigenvalue weighted by atomic mass is 10.1. The summed E-state index contributed by atoms with van der Waals surface area (Å²) in [6.45, 7) is -0.805. The molecular formula is C23H16ClFN2O4. The van der Waals surface area contributed by atoms with Gasteiger partial charge in [-0.3, -0.25) is 14.4 Å². The lowest BCUT2D eigenvalue weighted by Crippen LogP contribution is -2.24. The highest BCUT2D eigenvalue weighted by Gasteiger charge is 2.15. The van der Waals surface area contributed by atoms with Crippen LogP contribution in [0.15, 0.2) is 71.5 Å². The molecule has 0 atom stereocenters. The minimum atomic E-state index is -0.705. The molecule has 4 rings (SSSR count). The van der Waals surface area contributed by atoms with E-state index in [2.05, 4.69) is 5.32 Å². The molecule has 6 nitrogen and oxygen atoms in total. The Kier molecular flexibility index (Phi) is 5.68. The Morgan fingerprint density at radius 2 is 1.58 bits per heavy atom. The van der Waals surface area contributed by atoms with Crippen molar-refractivity contribution in [2.45, 2.75) is 6.54 Å². The molecule has 0 fully saturated rings. The van der Waals surface area contributed by atoms with Crippen molar-refractivity contribution in [1.29, 1.82) is 0 Å². The second-order valence-electron chi connectivity index (χ2n) is 6.78. The molecule has 1 N–H and O–H groups in total. The Balaban J connectivity index is 1.53. The zero-order valence-electron chi connectivity index (χ0n) is 16.1. The zero-order chi connectivity index (χ0) is 22.0. The first-order valence-electron chi connectivity index (χ1n) is 9.35. The third-order valence-electron chi connectivity index (χ3n) is 4.73. The molecule has 156 valence electrons. The minimum absolute atomic E-state index is 0.106. The molecular weight excluding hydrogens is 423 g/mol. The van der Waals surface area contributed by atoms with E-state index in [0.717, 1.165) is 6.07 Å². The normalized spacial score (nSPS) is 10.9. The van der Waals surface area contributed by atoms with Gasteiger partial charge in [0.05, 0.1) is 16.7 Å². The molecule has 3 aromatic carbocycles. The number of fused-ring (bicyclic) bond motifs is 2. The molecule has 0 radical (unpaired) electrons. The number of ether oxygens (including phenoxy) is 1. The maximum absolute atomic E-state index is 13.7. The number of para-hydroxylation sites is 2. The van der Waals surface area contributed by atoms with Crippen molar-refractivity contribution in [1.82, 2.24) is 4.57 Å². The fraction of sp³-hybridized carbons (Fsp3) is 0.0870. The van der Waals surface area contributed by atoms with Crippen LogP contribution in [0.25, 0.3) is 21.8 Å². The molecule has 31 heavy (non-hydrogen) atoms. The molecule has 0 saturated heterocycles. The number of carbonyl (C=O) groups is 2. The highest BCUT2D eigenvalue weighted by molar-refractivity contribution is 6.30. The van der Waals surface area contributed by atoms with E-state index < -0.39 is 24.3 Å². The van der Waals surface area contributed by atoms with Gasteiger partial charge in [-0.1, -0.05) is 35.9 Å². The van der Waals surface area contributed by atoms with Crippen LogP contribution in [-0.4, -0.2) is 23.1 Å². The first-order chi connectivity index (χ1) is 14.9. The van der Waals surface area contributed by atoms with Crippen molar-refractivity contribution in [3.8, 4) is 0 Å². The lowest BCUT2D eigenvalue weighted by molar-refractivity contribution is -0.147. The summed E-state index contributed by atoms with van der Waals surface area (Å²) in [6.07, 6.45) is 0. The van der Waals surface area contributed by atoms with Crippen molar-refractivity contribution in [3.63, 3.8) is 0 Å². The number of benzene rings is 3. The van der Waals surface area contributed by atoms with Crippen LogP contribution < -0.4 is 10.7 Å². The number of hydrogen-bond donors (Lipinski definition) is 1. The van der Waals surface area contributed by atoms with E-state index in [1.807, 2.05) is 0 Å². The van der Waals surface area contributed by atoms with Gasteiger partial charge in [0.1, 0.15) is 12.4 Å². The molecule has 0 aliphatic rings. The first-order valence-corrected chi connectivity index (χ1v) is 9.72. The van der Waals surface area contributed by atoms with Gasteiger partial charge in [-0.25, -0.2) is 4.39 Å². The van der Waals surface area contributed by atoms with Crippen molar-refractivity contribution < 1.29 is 18.7 Å². The number of amides is 1. The van der Waals surface area contributed by atoms with Gasteiger partial charge < -0.3 is 14.6 Å². The summed E-state index contributed by atoms with van der Waals surface area (Å²) in [5.74, 6) is -2.04. The largest absolute Gasteiger partial charge is 0.454 e. The van der Waals surface area contributed by atoms with Crippen LogP contribution in [0.1, 0.15) is 0 Å². The summed E-state index contributed by atoms with van der Waals surface area (Å²) < 4.78 is 20.5. The zero-order valence-corrected chi connectivity index (χ0v) is 16.9. The Morgan fingerprint density at radius 3 is 2.23 bits per heavy atom. The van der Waals surface area contributed by atoms with E-state index in [1.165, 1.54) is 12.1 Å². The molecule has 0 aliphatic heterocycles. The molecule has 1 amide bonds. The van der Waals surface area contributed by atoms with E-state index >= 15 is 0 Å². The van der Waals surface area contributed by atoms with Gasteiger partial charge in [0, 0.05) is 15.8 Å². The van der Waals surface area contributed by atoms with E-state index in [0.29, 0.717) is 21.8 Å². The standard InChI is InChI=1S/C23H16ClFN2O4/c24-14-9-10-17(25)18(11-14)26-21(28)13-31-22(29)12-27-19-7-3-1-5-15(19)23(30)16-6-2-4-8-20(16)27/h1-11H,12-13H2,(H,26,28). The van der Waals surface area contributed by atoms with Crippen LogP contribution in [-0.2, 0) is 20.9 Å². The number of aromatic nitrogens is 1. The van der Waals surface area contributed by atoms with Gasteiger partial charge >= 0.3 is 5.97 Å². The molecule has 0 unspecified atom stereocenters. The number of rotatable bonds is 5. The van der Waals surface area contributed by atoms with Crippen molar-refractivity contribution in [2.75, 3.05) is 11.9 Å². The molecule has 4 aromatic rings. The average molecular weight is 439 g/mol. The number of nitrogens with one attached hydrogen (secondary N) is 1.